The summed E-state index contributed by atoms with van der Waals surface area (Å²) >= 11 is 0. The highest BCUT2D eigenvalue weighted by Gasteiger charge is 2.48. The van der Waals surface area contributed by atoms with E-state index in [4.69, 9.17) is 18.9 Å². The Balaban J connectivity index is 2.55. The van der Waals surface area contributed by atoms with E-state index in [0.717, 1.165) is 24.8 Å². The summed E-state index contributed by atoms with van der Waals surface area (Å²) in [5, 5.41) is 20.6. The molecule has 0 aromatic rings. The van der Waals surface area contributed by atoms with Crippen LogP contribution in [0.3, 0.4) is 0 Å². The maximum absolute atomic E-state index is 10.8. The highest BCUT2D eigenvalue weighted by atomic mass is 16.6. The zero-order chi connectivity index (χ0) is 23.6. The van der Waals surface area contributed by atoms with Crippen molar-refractivity contribution in [1.29, 1.82) is 0 Å². The number of hydrogen-bond donors (Lipinski definition) is 2. The molecule has 182 valence electrons. The quantitative estimate of drug-likeness (QED) is 0.278. The Morgan fingerprint density at radius 2 is 1.61 bits per heavy atom. The van der Waals surface area contributed by atoms with Crippen molar-refractivity contribution in [2.24, 2.45) is 23.7 Å². The van der Waals surface area contributed by atoms with Gasteiger partial charge in [-0.3, -0.25) is 0 Å². The smallest absolute Gasteiger partial charge is 0.180 e. The van der Waals surface area contributed by atoms with E-state index in [9.17, 15) is 10.2 Å². The SMILES string of the molecule is CCC(OC)C(C)C1CC1C(O)C(C)/C=C/C=C(\C)CC(CC(OC)C(O)OC)OC. The van der Waals surface area contributed by atoms with Crippen LogP contribution in [-0.2, 0) is 18.9 Å². The van der Waals surface area contributed by atoms with Crippen molar-refractivity contribution in [2.75, 3.05) is 28.4 Å². The molecule has 0 aromatic carbocycles. The van der Waals surface area contributed by atoms with E-state index in [0.29, 0.717) is 24.2 Å². The molecule has 0 spiro atoms. The molecule has 6 nitrogen and oxygen atoms in total. The summed E-state index contributed by atoms with van der Waals surface area (Å²) in [5.41, 5.74) is 1.16. The third kappa shape index (κ3) is 8.95. The van der Waals surface area contributed by atoms with Gasteiger partial charge in [-0.15, -0.1) is 0 Å². The summed E-state index contributed by atoms with van der Waals surface area (Å²) in [7, 11) is 6.45. The van der Waals surface area contributed by atoms with Crippen LogP contribution in [0.5, 0.6) is 0 Å². The van der Waals surface area contributed by atoms with Gasteiger partial charge in [0.25, 0.3) is 0 Å². The molecule has 0 amide bonds. The van der Waals surface area contributed by atoms with Gasteiger partial charge in [-0.25, -0.2) is 0 Å². The lowest BCUT2D eigenvalue weighted by Crippen LogP contribution is -2.33. The molecule has 9 unspecified atom stereocenters. The Kier molecular flexibility index (Phi) is 13.1. The Hall–Kier alpha value is -0.760. The van der Waals surface area contributed by atoms with Gasteiger partial charge in [-0.2, -0.15) is 0 Å². The number of hydrogen-bond acceptors (Lipinski definition) is 6. The fourth-order valence-corrected chi connectivity index (χ4v) is 4.59. The van der Waals surface area contributed by atoms with Crippen LogP contribution in [0.25, 0.3) is 0 Å². The van der Waals surface area contributed by atoms with E-state index in [1.54, 1.807) is 21.3 Å². The number of aliphatic hydroxyl groups is 2. The highest BCUT2D eigenvalue weighted by molar-refractivity contribution is 5.13. The standard InChI is InChI=1S/C25H46O6/c1-9-22(29-6)18(4)20-15-21(20)24(26)17(3)12-10-11-16(2)13-19(28-5)14-23(30-7)25(27)31-8/h10-12,17-27H,9,13-15H2,1-8H3/b12-10+,16-11+. The van der Waals surface area contributed by atoms with Crippen LogP contribution in [0.4, 0.5) is 0 Å². The minimum atomic E-state index is -0.973. The first kappa shape index (κ1) is 28.3. The van der Waals surface area contributed by atoms with Crippen LogP contribution < -0.4 is 0 Å². The lowest BCUT2D eigenvalue weighted by molar-refractivity contribution is -0.164. The molecular weight excluding hydrogens is 396 g/mol. The van der Waals surface area contributed by atoms with Crippen molar-refractivity contribution in [3.8, 4) is 0 Å². The van der Waals surface area contributed by atoms with E-state index in [2.05, 4.69) is 39.8 Å². The summed E-state index contributed by atoms with van der Waals surface area (Å²) in [6.07, 6.45) is 7.98. The van der Waals surface area contributed by atoms with Gasteiger partial charge in [0, 0.05) is 40.8 Å². The summed E-state index contributed by atoms with van der Waals surface area (Å²) in [4.78, 5) is 0. The molecule has 1 rings (SSSR count). The molecule has 9 atom stereocenters. The second-order valence-electron chi connectivity index (χ2n) is 9.05. The number of allylic oxidation sites excluding steroid dienone is 2. The maximum Gasteiger partial charge on any atom is 0.180 e. The van der Waals surface area contributed by atoms with Crippen LogP contribution in [0, 0.1) is 23.7 Å². The fraction of sp³-hybridized carbons (Fsp3) is 0.840. The number of ether oxygens (including phenoxy) is 4. The molecule has 1 aliphatic carbocycles. The van der Waals surface area contributed by atoms with Gasteiger partial charge in [0.05, 0.1) is 18.3 Å². The van der Waals surface area contributed by atoms with Gasteiger partial charge in [-0.1, -0.05) is 44.6 Å². The molecule has 1 fully saturated rings. The molecule has 0 saturated heterocycles. The monoisotopic (exact) mass is 442 g/mol. The Morgan fingerprint density at radius 3 is 2.13 bits per heavy atom. The van der Waals surface area contributed by atoms with E-state index in [-0.39, 0.29) is 24.2 Å². The van der Waals surface area contributed by atoms with Crippen molar-refractivity contribution in [3.05, 3.63) is 23.8 Å². The van der Waals surface area contributed by atoms with E-state index >= 15 is 0 Å². The van der Waals surface area contributed by atoms with Crippen LogP contribution in [-0.4, -0.2) is 69.4 Å². The lowest BCUT2D eigenvalue weighted by Gasteiger charge is -2.25. The Bertz CT molecular complexity index is 544. The van der Waals surface area contributed by atoms with Gasteiger partial charge < -0.3 is 29.2 Å². The molecule has 0 radical (unpaired) electrons. The molecule has 6 heteroatoms. The molecule has 0 bridgehead atoms. The molecule has 31 heavy (non-hydrogen) atoms. The van der Waals surface area contributed by atoms with Gasteiger partial charge in [0.2, 0.25) is 0 Å². The molecule has 2 N–H and O–H groups in total. The summed E-state index contributed by atoms with van der Waals surface area (Å²) in [6, 6.07) is 0. The predicted molar refractivity (Wildman–Crippen MR) is 124 cm³/mol. The van der Waals surface area contributed by atoms with E-state index in [1.165, 1.54) is 7.11 Å². The molecule has 0 heterocycles. The van der Waals surface area contributed by atoms with E-state index in [1.807, 2.05) is 6.08 Å². The number of rotatable bonds is 16. The maximum atomic E-state index is 10.8. The van der Waals surface area contributed by atoms with Crippen molar-refractivity contribution in [3.63, 3.8) is 0 Å². The normalized spacial score (nSPS) is 26.3. The first-order chi connectivity index (χ1) is 14.7. The Morgan fingerprint density at radius 1 is 0.968 bits per heavy atom. The first-order valence-electron chi connectivity index (χ1n) is 11.5. The summed E-state index contributed by atoms with van der Waals surface area (Å²) < 4.78 is 21.4. The molecule has 0 aliphatic heterocycles. The summed E-state index contributed by atoms with van der Waals surface area (Å²) in [5.74, 6) is 1.49. The predicted octanol–water partition coefficient (Wildman–Crippen LogP) is 3.96. The largest absolute Gasteiger partial charge is 0.392 e. The summed E-state index contributed by atoms with van der Waals surface area (Å²) in [6.45, 7) is 8.53. The second kappa shape index (κ2) is 14.4. The third-order valence-corrected chi connectivity index (χ3v) is 6.87. The van der Waals surface area contributed by atoms with Gasteiger partial charge in [-0.05, 0) is 43.9 Å². The number of methoxy groups -OCH3 is 4. The van der Waals surface area contributed by atoms with E-state index < -0.39 is 12.4 Å². The average molecular weight is 443 g/mol. The van der Waals surface area contributed by atoms with Gasteiger partial charge in [0.15, 0.2) is 6.29 Å². The average Bonchev–Trinajstić information content (AvgIpc) is 3.56. The second-order valence-corrected chi connectivity index (χ2v) is 9.05. The minimum absolute atomic E-state index is 0.0802. The van der Waals surface area contributed by atoms with Gasteiger partial charge in [0.1, 0.15) is 6.10 Å². The van der Waals surface area contributed by atoms with Crippen molar-refractivity contribution < 1.29 is 29.2 Å². The third-order valence-electron chi connectivity index (χ3n) is 6.87. The lowest BCUT2D eigenvalue weighted by atomic mass is 9.91. The van der Waals surface area contributed by atoms with Gasteiger partial charge >= 0.3 is 0 Å². The zero-order valence-electron chi connectivity index (χ0n) is 20.8. The number of aliphatic hydroxyl groups excluding tert-OH is 2. The topological polar surface area (TPSA) is 77.4 Å². The molecule has 1 saturated carbocycles. The Labute approximate surface area is 189 Å². The van der Waals surface area contributed by atoms with Crippen molar-refractivity contribution in [2.45, 2.75) is 84.1 Å². The highest BCUT2D eigenvalue weighted by Crippen LogP contribution is 2.49. The molecule has 1 aliphatic rings. The van der Waals surface area contributed by atoms with Crippen molar-refractivity contribution in [1.82, 2.24) is 0 Å². The van der Waals surface area contributed by atoms with Crippen LogP contribution in [0.2, 0.25) is 0 Å². The molecular formula is C25H46O6. The fourth-order valence-electron chi connectivity index (χ4n) is 4.59. The van der Waals surface area contributed by atoms with Crippen LogP contribution >= 0.6 is 0 Å². The minimum Gasteiger partial charge on any atom is -0.392 e. The zero-order valence-corrected chi connectivity index (χ0v) is 20.8. The van der Waals surface area contributed by atoms with Crippen LogP contribution in [0.15, 0.2) is 23.8 Å². The first-order valence-corrected chi connectivity index (χ1v) is 11.5. The van der Waals surface area contributed by atoms with Crippen molar-refractivity contribution >= 4 is 0 Å². The molecule has 0 aromatic heterocycles. The van der Waals surface area contributed by atoms with Crippen LogP contribution in [0.1, 0.15) is 53.4 Å².